The van der Waals surface area contributed by atoms with Crippen molar-refractivity contribution in [3.63, 3.8) is 0 Å². The van der Waals surface area contributed by atoms with Gasteiger partial charge in [0.15, 0.2) is 5.66 Å². The van der Waals surface area contributed by atoms with Crippen molar-refractivity contribution >= 4 is 23.4 Å². The van der Waals surface area contributed by atoms with E-state index in [0.717, 1.165) is 11.1 Å². The largest absolute Gasteiger partial charge is 0.351 e. The van der Waals surface area contributed by atoms with Crippen molar-refractivity contribution < 1.29 is 14.1 Å². The van der Waals surface area contributed by atoms with E-state index in [4.69, 9.17) is 16.1 Å². The Morgan fingerprint density at radius 2 is 1.85 bits per heavy atom. The maximum absolute atomic E-state index is 13.2. The molecule has 7 heteroatoms. The van der Waals surface area contributed by atoms with Gasteiger partial charge in [0.1, 0.15) is 0 Å². The quantitative estimate of drug-likeness (QED) is 0.686. The molecular formula is C20H14ClN3O3. The number of hydrogen-bond donors (Lipinski definition) is 0. The third-order valence-corrected chi connectivity index (χ3v) is 5.50. The number of nitrogens with zero attached hydrogens (tertiary/aromatic N) is 3. The molecule has 0 N–H and O–H groups in total. The van der Waals surface area contributed by atoms with Gasteiger partial charge >= 0.3 is 0 Å². The van der Waals surface area contributed by atoms with E-state index in [0.29, 0.717) is 23.7 Å². The molecule has 6 nitrogen and oxygen atoms in total. The van der Waals surface area contributed by atoms with E-state index in [2.05, 4.69) is 5.16 Å². The summed E-state index contributed by atoms with van der Waals surface area (Å²) in [7, 11) is 0. The van der Waals surface area contributed by atoms with E-state index < -0.39 is 5.66 Å². The lowest BCUT2D eigenvalue weighted by molar-refractivity contribution is 0.0349. The molecule has 0 aliphatic carbocycles. The number of carbonyl (C=O) groups is 2. The third-order valence-electron chi connectivity index (χ3n) is 5.25. The van der Waals surface area contributed by atoms with Crippen LogP contribution in [0.4, 0.5) is 0 Å². The molecule has 5 rings (SSSR count). The van der Waals surface area contributed by atoms with Gasteiger partial charge < -0.3 is 14.3 Å². The Balaban J connectivity index is 1.78. The molecule has 1 atom stereocenters. The van der Waals surface area contributed by atoms with Crippen molar-refractivity contribution in [3.8, 4) is 0 Å². The van der Waals surface area contributed by atoms with Crippen LogP contribution in [0.15, 0.2) is 65.3 Å². The van der Waals surface area contributed by atoms with Crippen LogP contribution in [0.1, 0.15) is 32.0 Å². The monoisotopic (exact) mass is 379 g/mol. The number of fused-ring (bicyclic) bond motifs is 3. The van der Waals surface area contributed by atoms with Gasteiger partial charge in [0.05, 0.1) is 6.20 Å². The first-order valence-electron chi connectivity index (χ1n) is 8.54. The van der Waals surface area contributed by atoms with E-state index in [-0.39, 0.29) is 17.6 Å². The first kappa shape index (κ1) is 16.1. The maximum atomic E-state index is 13.2. The molecule has 27 heavy (non-hydrogen) atoms. The molecule has 0 radical (unpaired) electrons. The summed E-state index contributed by atoms with van der Waals surface area (Å²) in [6.45, 7) is 0.818. The molecule has 3 aromatic rings. The summed E-state index contributed by atoms with van der Waals surface area (Å²) in [5.74, 6) is -0.259. The van der Waals surface area contributed by atoms with Gasteiger partial charge in [0, 0.05) is 40.9 Å². The highest BCUT2D eigenvalue weighted by molar-refractivity contribution is 6.30. The number of benzene rings is 2. The van der Waals surface area contributed by atoms with Crippen LogP contribution in [0.3, 0.4) is 0 Å². The lowest BCUT2D eigenvalue weighted by atomic mass is 9.89. The Hall–Kier alpha value is -3.12. The first-order valence-corrected chi connectivity index (χ1v) is 8.92. The molecule has 0 bridgehead atoms. The van der Waals surface area contributed by atoms with Crippen molar-refractivity contribution in [2.24, 2.45) is 0 Å². The van der Waals surface area contributed by atoms with Gasteiger partial charge in [-0.15, -0.1) is 0 Å². The smallest absolute Gasteiger partial charge is 0.294 e. The Morgan fingerprint density at radius 3 is 2.59 bits per heavy atom. The SMILES string of the molecule is O=C(c1ccno1)N1CCN2C(=O)c3ccccc3C12c1ccc(Cl)cc1. The van der Waals surface area contributed by atoms with Gasteiger partial charge in [-0.2, -0.15) is 0 Å². The Morgan fingerprint density at radius 1 is 1.07 bits per heavy atom. The van der Waals surface area contributed by atoms with Gasteiger partial charge in [-0.3, -0.25) is 9.59 Å². The van der Waals surface area contributed by atoms with Crippen molar-refractivity contribution in [3.05, 3.63) is 88.3 Å². The van der Waals surface area contributed by atoms with Crippen LogP contribution in [-0.2, 0) is 5.66 Å². The zero-order valence-electron chi connectivity index (χ0n) is 14.1. The summed E-state index contributed by atoms with van der Waals surface area (Å²) >= 11 is 6.08. The molecular weight excluding hydrogens is 366 g/mol. The number of amides is 2. The number of aromatic nitrogens is 1. The summed E-state index contributed by atoms with van der Waals surface area (Å²) in [4.78, 5) is 29.8. The fourth-order valence-corrected chi connectivity index (χ4v) is 4.31. The van der Waals surface area contributed by atoms with Crippen LogP contribution >= 0.6 is 11.6 Å². The van der Waals surface area contributed by atoms with Crippen molar-refractivity contribution in [1.29, 1.82) is 0 Å². The molecule has 0 saturated carbocycles. The van der Waals surface area contributed by atoms with E-state index in [1.54, 1.807) is 28.0 Å². The van der Waals surface area contributed by atoms with Gasteiger partial charge in [-0.05, 0) is 18.2 Å². The molecule has 2 amide bonds. The summed E-state index contributed by atoms with van der Waals surface area (Å²) < 4.78 is 5.11. The second kappa shape index (κ2) is 5.69. The number of rotatable bonds is 2. The minimum atomic E-state index is -1.03. The van der Waals surface area contributed by atoms with Gasteiger partial charge in [0.2, 0.25) is 5.76 Å². The van der Waals surface area contributed by atoms with E-state index >= 15 is 0 Å². The number of halogens is 1. The van der Waals surface area contributed by atoms with Gasteiger partial charge in [-0.1, -0.05) is 47.1 Å². The zero-order chi connectivity index (χ0) is 18.6. The summed E-state index contributed by atoms with van der Waals surface area (Å²) in [5.41, 5.74) is 1.16. The maximum Gasteiger partial charge on any atom is 0.294 e. The van der Waals surface area contributed by atoms with Crippen LogP contribution in [0.25, 0.3) is 0 Å². The highest BCUT2D eigenvalue weighted by atomic mass is 35.5. The molecule has 2 aliphatic rings. The number of carbonyl (C=O) groups excluding carboxylic acids is 2. The van der Waals surface area contributed by atoms with Crippen LogP contribution in [0.2, 0.25) is 5.02 Å². The standard InChI is InChI=1S/C20H14ClN3O3/c21-14-7-5-13(6-8-14)20-16-4-2-1-3-15(16)18(25)23(20)11-12-24(20)19(26)17-9-10-22-27-17/h1-10H,11-12H2. The van der Waals surface area contributed by atoms with Crippen LogP contribution in [0.5, 0.6) is 0 Å². The predicted molar refractivity (Wildman–Crippen MR) is 97.3 cm³/mol. The second-order valence-corrected chi connectivity index (χ2v) is 6.95. The normalized spacial score (nSPS) is 20.7. The Labute approximate surface area is 159 Å². The molecule has 3 heterocycles. The van der Waals surface area contributed by atoms with Gasteiger partial charge in [0.25, 0.3) is 11.8 Å². The average molecular weight is 380 g/mol. The lowest BCUT2D eigenvalue weighted by Crippen LogP contribution is -2.51. The fourth-order valence-electron chi connectivity index (χ4n) is 4.18. The molecule has 134 valence electrons. The lowest BCUT2D eigenvalue weighted by Gasteiger charge is -2.40. The van der Waals surface area contributed by atoms with E-state index in [1.807, 2.05) is 30.3 Å². The van der Waals surface area contributed by atoms with Crippen LogP contribution in [-0.4, -0.2) is 39.9 Å². The highest BCUT2D eigenvalue weighted by Gasteiger charge is 2.59. The summed E-state index contributed by atoms with van der Waals surface area (Å²) in [5, 5.41) is 4.23. The number of hydrogen-bond acceptors (Lipinski definition) is 4. The Kier molecular flexibility index (Phi) is 3.39. The molecule has 1 fully saturated rings. The van der Waals surface area contributed by atoms with Gasteiger partial charge in [-0.25, -0.2) is 0 Å². The van der Waals surface area contributed by atoms with E-state index in [1.165, 1.54) is 12.3 Å². The second-order valence-electron chi connectivity index (χ2n) is 6.51. The fraction of sp³-hybridized carbons (Fsp3) is 0.150. The van der Waals surface area contributed by atoms with Crippen molar-refractivity contribution in [2.75, 3.05) is 13.1 Å². The van der Waals surface area contributed by atoms with Crippen LogP contribution in [0, 0.1) is 0 Å². The molecule has 1 saturated heterocycles. The topological polar surface area (TPSA) is 66.7 Å². The summed E-state index contributed by atoms with van der Waals surface area (Å²) in [6.07, 6.45) is 1.43. The molecule has 1 unspecified atom stereocenters. The molecule has 2 aliphatic heterocycles. The van der Waals surface area contributed by atoms with Crippen molar-refractivity contribution in [1.82, 2.24) is 15.0 Å². The third kappa shape index (κ3) is 2.04. The van der Waals surface area contributed by atoms with Crippen molar-refractivity contribution in [2.45, 2.75) is 5.66 Å². The first-order chi connectivity index (χ1) is 13.1. The average Bonchev–Trinajstić information content (AvgIpc) is 3.40. The molecule has 2 aromatic carbocycles. The zero-order valence-corrected chi connectivity index (χ0v) is 14.9. The Bertz CT molecular complexity index is 1050. The van der Waals surface area contributed by atoms with Crippen LogP contribution < -0.4 is 0 Å². The predicted octanol–water partition coefficient (Wildman–Crippen LogP) is 3.14. The minimum absolute atomic E-state index is 0.0894. The van der Waals surface area contributed by atoms with E-state index in [9.17, 15) is 9.59 Å². The molecule has 1 aromatic heterocycles. The minimum Gasteiger partial charge on any atom is -0.351 e. The highest BCUT2D eigenvalue weighted by Crippen LogP contribution is 2.50. The summed E-state index contributed by atoms with van der Waals surface area (Å²) in [6, 6.07) is 16.2. The molecule has 0 spiro atoms.